The first kappa shape index (κ1) is 22.6. The van der Waals surface area contributed by atoms with E-state index in [2.05, 4.69) is 0 Å². The zero-order valence-corrected chi connectivity index (χ0v) is 19.1. The molecule has 0 N–H and O–H groups in total. The Morgan fingerprint density at radius 2 is 1.81 bits per heavy atom. The van der Waals surface area contributed by atoms with Gasteiger partial charge in [0.25, 0.3) is 0 Å². The van der Waals surface area contributed by atoms with Gasteiger partial charge in [-0.3, -0.25) is 24.0 Å². The molecule has 0 amide bonds. The van der Waals surface area contributed by atoms with Gasteiger partial charge in [0.15, 0.2) is 18.0 Å². The lowest BCUT2D eigenvalue weighted by Crippen LogP contribution is -2.62. The molecule has 3 saturated carbocycles. The van der Waals surface area contributed by atoms with Gasteiger partial charge in [0.05, 0.1) is 0 Å². The third-order valence-electron chi connectivity index (χ3n) is 8.55. The summed E-state index contributed by atoms with van der Waals surface area (Å²) in [7, 11) is 0. The molecule has 0 aromatic heterocycles. The van der Waals surface area contributed by atoms with Gasteiger partial charge in [0, 0.05) is 37.0 Å². The lowest BCUT2D eigenvalue weighted by molar-refractivity contribution is -0.191. The van der Waals surface area contributed by atoms with Crippen LogP contribution < -0.4 is 0 Å². The molecule has 7 nitrogen and oxygen atoms in total. The van der Waals surface area contributed by atoms with E-state index in [9.17, 15) is 24.0 Å². The Bertz CT molecular complexity index is 975. The fourth-order valence-corrected chi connectivity index (χ4v) is 7.23. The number of rotatable bonds is 4. The fourth-order valence-electron chi connectivity index (χ4n) is 7.23. The van der Waals surface area contributed by atoms with Crippen molar-refractivity contribution in [1.29, 1.82) is 0 Å². The Balaban J connectivity index is 1.74. The first-order valence-corrected chi connectivity index (χ1v) is 11.3. The molecule has 0 unspecified atom stereocenters. The maximum absolute atomic E-state index is 13.7. The Hall–Kier alpha value is -2.57. The number of hydrogen-bond acceptors (Lipinski definition) is 7. The fraction of sp³-hybridized carbons (Fsp3) is 0.640. The van der Waals surface area contributed by atoms with Crippen LogP contribution >= 0.6 is 0 Å². The maximum Gasteiger partial charge on any atom is 0.303 e. The highest BCUT2D eigenvalue weighted by Crippen LogP contribution is 2.66. The number of ether oxygens (including phenoxy) is 2. The molecule has 0 aliphatic heterocycles. The number of carbonyl (C=O) groups is 5. The molecular formula is C25H30O7. The molecule has 0 spiro atoms. The van der Waals surface area contributed by atoms with E-state index >= 15 is 0 Å². The van der Waals surface area contributed by atoms with Crippen LogP contribution in [-0.2, 0) is 33.4 Å². The van der Waals surface area contributed by atoms with E-state index in [4.69, 9.17) is 9.47 Å². The summed E-state index contributed by atoms with van der Waals surface area (Å²) in [6, 6.07) is 0. The summed E-state index contributed by atoms with van der Waals surface area (Å²) in [6.07, 6.45) is 7.60. The second kappa shape index (κ2) is 7.49. The number of Topliss-reactive ketones (excluding diaryl/α,β-unsaturated/α-hetero) is 2. The monoisotopic (exact) mass is 442 g/mol. The highest BCUT2D eigenvalue weighted by Gasteiger charge is 2.70. The molecule has 4 aliphatic rings. The topological polar surface area (TPSA) is 104 Å². The Labute approximate surface area is 187 Å². The summed E-state index contributed by atoms with van der Waals surface area (Å²) in [5.41, 5.74) is -1.88. The van der Waals surface area contributed by atoms with Crippen molar-refractivity contribution in [3.8, 4) is 0 Å². The molecule has 0 heterocycles. The van der Waals surface area contributed by atoms with E-state index in [0.29, 0.717) is 12.8 Å². The van der Waals surface area contributed by atoms with Gasteiger partial charge >= 0.3 is 11.9 Å². The molecule has 0 radical (unpaired) electrons. The molecule has 4 aliphatic carbocycles. The zero-order valence-electron chi connectivity index (χ0n) is 19.1. The number of fused-ring (bicyclic) bond motifs is 5. The van der Waals surface area contributed by atoms with Crippen molar-refractivity contribution in [2.24, 2.45) is 28.6 Å². The quantitative estimate of drug-likeness (QED) is 0.617. The van der Waals surface area contributed by atoms with Gasteiger partial charge in [-0.2, -0.15) is 0 Å². The van der Waals surface area contributed by atoms with Crippen molar-refractivity contribution < 1.29 is 33.4 Å². The molecule has 32 heavy (non-hydrogen) atoms. The molecule has 3 fully saturated rings. The van der Waals surface area contributed by atoms with Gasteiger partial charge in [-0.15, -0.1) is 0 Å². The van der Waals surface area contributed by atoms with Crippen LogP contribution in [0.25, 0.3) is 0 Å². The molecule has 4 rings (SSSR count). The normalized spacial score (nSPS) is 40.0. The zero-order chi connectivity index (χ0) is 23.5. The molecule has 0 aromatic rings. The predicted molar refractivity (Wildman–Crippen MR) is 113 cm³/mol. The van der Waals surface area contributed by atoms with Crippen LogP contribution in [0.3, 0.4) is 0 Å². The average Bonchev–Trinajstić information content (AvgIpc) is 2.98. The van der Waals surface area contributed by atoms with E-state index in [0.717, 1.165) is 18.4 Å². The average molecular weight is 443 g/mol. The maximum atomic E-state index is 13.7. The van der Waals surface area contributed by atoms with E-state index in [-0.39, 0.29) is 35.7 Å². The van der Waals surface area contributed by atoms with Crippen LogP contribution in [0.15, 0.2) is 23.8 Å². The van der Waals surface area contributed by atoms with Crippen LogP contribution in [-0.4, -0.2) is 41.5 Å². The summed E-state index contributed by atoms with van der Waals surface area (Å²) in [6.45, 7) is 5.90. The van der Waals surface area contributed by atoms with Crippen molar-refractivity contribution in [3.05, 3.63) is 23.8 Å². The number of allylic oxidation sites excluding steroid dienone is 4. The summed E-state index contributed by atoms with van der Waals surface area (Å²) in [4.78, 5) is 62.4. The highest BCUT2D eigenvalue weighted by atomic mass is 16.6. The van der Waals surface area contributed by atoms with Gasteiger partial charge < -0.3 is 9.47 Å². The summed E-state index contributed by atoms with van der Waals surface area (Å²) in [5, 5.41) is 0. The molecule has 6 atom stereocenters. The smallest absolute Gasteiger partial charge is 0.303 e. The van der Waals surface area contributed by atoms with Crippen LogP contribution in [0.2, 0.25) is 0 Å². The summed E-state index contributed by atoms with van der Waals surface area (Å²) >= 11 is 0. The first-order chi connectivity index (χ1) is 14.9. The third kappa shape index (κ3) is 3.11. The predicted octanol–water partition coefficient (Wildman–Crippen LogP) is 2.91. The van der Waals surface area contributed by atoms with E-state index < -0.39 is 40.8 Å². The minimum Gasteiger partial charge on any atom is -0.458 e. The van der Waals surface area contributed by atoms with E-state index in [1.54, 1.807) is 12.2 Å². The molecule has 0 bridgehead atoms. The van der Waals surface area contributed by atoms with Crippen molar-refractivity contribution in [3.63, 3.8) is 0 Å². The second-order valence-electron chi connectivity index (χ2n) is 10.2. The standard InChI is InChI=1S/C25H30O7/c1-14(26)31-13-21(30)25(32-15(2)27)10-8-19-18-6-5-16-11-17(28)7-9-23(16,3)22(18)20(29)12-24(19,25)4/h7,9,11,18-19,22H,5-6,8,10,12-13H2,1-4H3/t18-,19+,22-,23-,24-,25-/m0/s1. The lowest BCUT2D eigenvalue weighted by atomic mass is 9.46. The number of ketones is 3. The van der Waals surface area contributed by atoms with Crippen molar-refractivity contribution in [2.45, 2.75) is 65.4 Å². The molecular weight excluding hydrogens is 412 g/mol. The largest absolute Gasteiger partial charge is 0.458 e. The van der Waals surface area contributed by atoms with Crippen LogP contribution in [0.1, 0.15) is 59.8 Å². The SMILES string of the molecule is CC(=O)OCC(=O)[C@@]1(OC(C)=O)CC[C@@H]2[C@@H]3CCC4=CC(=O)C=C[C@]4(C)[C@@H]3C(=O)C[C@@]21C. The van der Waals surface area contributed by atoms with E-state index in [1.807, 2.05) is 19.9 Å². The molecule has 0 saturated heterocycles. The molecule has 7 heteroatoms. The first-order valence-electron chi connectivity index (χ1n) is 11.3. The number of carbonyl (C=O) groups excluding carboxylic acids is 5. The van der Waals surface area contributed by atoms with Crippen molar-refractivity contribution in [2.75, 3.05) is 6.61 Å². The van der Waals surface area contributed by atoms with Crippen LogP contribution in [0.5, 0.6) is 0 Å². The van der Waals surface area contributed by atoms with Gasteiger partial charge in [0.2, 0.25) is 5.78 Å². The van der Waals surface area contributed by atoms with Crippen LogP contribution in [0, 0.1) is 28.6 Å². The van der Waals surface area contributed by atoms with E-state index in [1.165, 1.54) is 13.8 Å². The van der Waals surface area contributed by atoms with Crippen molar-refractivity contribution in [1.82, 2.24) is 0 Å². The lowest BCUT2D eigenvalue weighted by Gasteiger charge is -2.57. The highest BCUT2D eigenvalue weighted by molar-refractivity contribution is 6.02. The van der Waals surface area contributed by atoms with Gasteiger partial charge in [-0.25, -0.2) is 0 Å². The van der Waals surface area contributed by atoms with Crippen LogP contribution in [0.4, 0.5) is 0 Å². The summed E-state index contributed by atoms with van der Waals surface area (Å²) < 4.78 is 10.7. The van der Waals surface area contributed by atoms with Gasteiger partial charge in [0.1, 0.15) is 5.78 Å². The number of hydrogen-bond donors (Lipinski definition) is 0. The summed E-state index contributed by atoms with van der Waals surface area (Å²) in [5.74, 6) is -1.93. The van der Waals surface area contributed by atoms with Crippen molar-refractivity contribution >= 4 is 29.3 Å². The Morgan fingerprint density at radius 1 is 1.09 bits per heavy atom. The Kier molecular flexibility index (Phi) is 5.30. The van der Waals surface area contributed by atoms with Gasteiger partial charge in [-0.05, 0) is 49.7 Å². The molecule has 0 aromatic carbocycles. The second-order valence-corrected chi connectivity index (χ2v) is 10.2. The molecule has 172 valence electrons. The minimum atomic E-state index is -1.49. The number of esters is 2. The minimum absolute atomic E-state index is 0.00442. The Morgan fingerprint density at radius 3 is 2.47 bits per heavy atom. The van der Waals surface area contributed by atoms with Gasteiger partial charge in [-0.1, -0.05) is 25.5 Å². The third-order valence-corrected chi connectivity index (χ3v) is 8.55.